The van der Waals surface area contributed by atoms with Gasteiger partial charge in [-0.15, -0.1) is 0 Å². The highest BCUT2D eigenvalue weighted by Crippen LogP contribution is 2.28. The summed E-state index contributed by atoms with van der Waals surface area (Å²) in [5.41, 5.74) is 2.28. The molecule has 1 aliphatic rings. The molecule has 2 rings (SSSR count). The molecule has 0 saturated heterocycles. The van der Waals surface area contributed by atoms with Crippen LogP contribution in [0.2, 0.25) is 0 Å². The van der Waals surface area contributed by atoms with E-state index in [0.717, 1.165) is 24.2 Å². The monoisotopic (exact) mass is 202 g/mol. The van der Waals surface area contributed by atoms with Crippen molar-refractivity contribution >= 4 is 11.7 Å². The van der Waals surface area contributed by atoms with E-state index in [0.29, 0.717) is 6.54 Å². The van der Waals surface area contributed by atoms with Crippen molar-refractivity contribution in [2.24, 2.45) is 0 Å². The van der Waals surface area contributed by atoms with Gasteiger partial charge in [-0.25, -0.2) is 4.79 Å². The number of hydrogen-bond donors (Lipinski definition) is 1. The highest BCUT2D eigenvalue weighted by Gasteiger charge is 2.19. The van der Waals surface area contributed by atoms with Gasteiger partial charge in [-0.05, 0) is 24.1 Å². The minimum absolute atomic E-state index is 0.276. The molecule has 4 heteroatoms. The van der Waals surface area contributed by atoms with E-state index < -0.39 is 5.97 Å². The summed E-state index contributed by atoms with van der Waals surface area (Å²) >= 11 is 0. The molecule has 0 unspecified atom stereocenters. The molecule has 1 aromatic carbocycles. The summed E-state index contributed by atoms with van der Waals surface area (Å²) in [6, 6.07) is 7.16. The largest absolute Gasteiger partial charge is 0.478 e. The molecule has 0 radical (unpaired) electrons. The molecule has 0 bridgehead atoms. The second kappa shape index (κ2) is 3.62. The quantitative estimate of drug-likeness (QED) is 0.733. The van der Waals surface area contributed by atoms with Crippen molar-refractivity contribution in [3.05, 3.63) is 29.3 Å². The molecule has 15 heavy (non-hydrogen) atoms. The van der Waals surface area contributed by atoms with Gasteiger partial charge in [0.15, 0.2) is 0 Å². The van der Waals surface area contributed by atoms with Crippen molar-refractivity contribution in [2.75, 3.05) is 18.0 Å². The molecule has 1 heterocycles. The van der Waals surface area contributed by atoms with Crippen LogP contribution in [0.4, 0.5) is 5.69 Å². The molecular weight excluding hydrogens is 192 g/mol. The maximum absolute atomic E-state index is 10.8. The van der Waals surface area contributed by atoms with Gasteiger partial charge < -0.3 is 10.0 Å². The number of nitrogens with zero attached hydrogens (tertiary/aromatic N) is 2. The van der Waals surface area contributed by atoms with Crippen molar-refractivity contribution in [3.8, 4) is 6.07 Å². The number of fused-ring (bicyclic) bond motifs is 1. The number of anilines is 1. The fourth-order valence-electron chi connectivity index (χ4n) is 1.83. The van der Waals surface area contributed by atoms with E-state index in [9.17, 15) is 4.79 Å². The van der Waals surface area contributed by atoms with E-state index >= 15 is 0 Å². The van der Waals surface area contributed by atoms with Crippen LogP contribution in [0.25, 0.3) is 0 Å². The van der Waals surface area contributed by atoms with Gasteiger partial charge in [0.25, 0.3) is 0 Å². The normalized spacial score (nSPS) is 13.4. The number of carbonyl (C=O) groups is 1. The summed E-state index contributed by atoms with van der Waals surface area (Å²) in [6.45, 7) is 1.11. The predicted molar refractivity (Wildman–Crippen MR) is 54.9 cm³/mol. The van der Waals surface area contributed by atoms with Gasteiger partial charge >= 0.3 is 5.97 Å². The number of hydrogen-bond acceptors (Lipinski definition) is 3. The van der Waals surface area contributed by atoms with E-state index in [4.69, 9.17) is 10.4 Å². The summed E-state index contributed by atoms with van der Waals surface area (Å²) in [5, 5.41) is 17.5. The fraction of sp³-hybridized carbons (Fsp3) is 0.273. The van der Waals surface area contributed by atoms with Gasteiger partial charge in [-0.2, -0.15) is 5.26 Å². The highest BCUT2D eigenvalue weighted by molar-refractivity contribution is 5.89. The van der Waals surface area contributed by atoms with E-state index in [1.54, 1.807) is 12.1 Å². The van der Waals surface area contributed by atoms with Gasteiger partial charge in [0.1, 0.15) is 6.54 Å². The smallest absolute Gasteiger partial charge is 0.335 e. The Hall–Kier alpha value is -2.02. The molecule has 1 N–H and O–H groups in total. The first kappa shape index (κ1) is 9.53. The van der Waals surface area contributed by atoms with Crippen LogP contribution < -0.4 is 4.90 Å². The number of aromatic carboxylic acids is 1. The Bertz CT molecular complexity index is 448. The van der Waals surface area contributed by atoms with Crippen LogP contribution in [0.1, 0.15) is 15.9 Å². The zero-order chi connectivity index (χ0) is 10.8. The summed E-state index contributed by atoms with van der Waals surface area (Å²) < 4.78 is 0. The van der Waals surface area contributed by atoms with Crippen LogP contribution >= 0.6 is 0 Å². The Morgan fingerprint density at radius 1 is 1.60 bits per heavy atom. The van der Waals surface area contributed by atoms with Crippen LogP contribution in [-0.2, 0) is 6.42 Å². The lowest BCUT2D eigenvalue weighted by molar-refractivity contribution is 0.0697. The van der Waals surface area contributed by atoms with Gasteiger partial charge in [0.05, 0.1) is 11.6 Å². The Kier molecular flexibility index (Phi) is 2.30. The number of rotatable bonds is 2. The summed E-state index contributed by atoms with van der Waals surface area (Å²) in [7, 11) is 0. The number of benzene rings is 1. The fourth-order valence-corrected chi connectivity index (χ4v) is 1.83. The van der Waals surface area contributed by atoms with Crippen LogP contribution in [0.5, 0.6) is 0 Å². The SMILES string of the molecule is N#CCN1CCc2ccc(C(=O)O)cc21. The third-order valence-corrected chi connectivity index (χ3v) is 2.59. The molecule has 0 aromatic heterocycles. The second-order valence-corrected chi connectivity index (χ2v) is 3.48. The third kappa shape index (κ3) is 1.64. The first-order valence-electron chi connectivity index (χ1n) is 4.70. The zero-order valence-electron chi connectivity index (χ0n) is 8.10. The van der Waals surface area contributed by atoms with Crippen molar-refractivity contribution in [1.82, 2.24) is 0 Å². The molecule has 4 nitrogen and oxygen atoms in total. The average Bonchev–Trinajstić information content (AvgIpc) is 2.61. The zero-order valence-corrected chi connectivity index (χ0v) is 8.10. The number of nitriles is 1. The summed E-state index contributed by atoms with van der Waals surface area (Å²) in [4.78, 5) is 12.7. The maximum Gasteiger partial charge on any atom is 0.335 e. The molecule has 0 atom stereocenters. The molecule has 76 valence electrons. The minimum Gasteiger partial charge on any atom is -0.478 e. The molecule has 1 aliphatic heterocycles. The van der Waals surface area contributed by atoms with Crippen molar-refractivity contribution in [1.29, 1.82) is 5.26 Å². The number of carboxylic acid groups (broad SMARTS) is 1. The Balaban J connectivity index is 2.38. The van der Waals surface area contributed by atoms with Crippen LogP contribution in [0.15, 0.2) is 18.2 Å². The summed E-state index contributed by atoms with van der Waals surface area (Å²) in [5.74, 6) is -0.929. The van der Waals surface area contributed by atoms with Gasteiger partial charge in [-0.1, -0.05) is 6.07 Å². The van der Waals surface area contributed by atoms with E-state index in [2.05, 4.69) is 6.07 Å². The minimum atomic E-state index is -0.929. The van der Waals surface area contributed by atoms with Gasteiger partial charge in [0, 0.05) is 12.2 Å². The molecule has 0 aliphatic carbocycles. The van der Waals surface area contributed by atoms with Crippen molar-refractivity contribution < 1.29 is 9.90 Å². The van der Waals surface area contributed by atoms with E-state index in [1.165, 1.54) is 0 Å². The van der Waals surface area contributed by atoms with E-state index in [1.807, 2.05) is 11.0 Å². The molecule has 1 aromatic rings. The standard InChI is InChI=1S/C11H10N2O2/c12-4-6-13-5-3-8-1-2-9(11(14)15)7-10(8)13/h1-2,7H,3,5-6H2,(H,14,15). The van der Waals surface area contributed by atoms with Crippen molar-refractivity contribution in [3.63, 3.8) is 0 Å². The van der Waals surface area contributed by atoms with Crippen LogP contribution in [0, 0.1) is 11.3 Å². The van der Waals surface area contributed by atoms with Gasteiger partial charge in [-0.3, -0.25) is 0 Å². The van der Waals surface area contributed by atoms with Gasteiger partial charge in [0.2, 0.25) is 0 Å². The Morgan fingerprint density at radius 3 is 3.07 bits per heavy atom. The third-order valence-electron chi connectivity index (χ3n) is 2.59. The first-order chi connectivity index (χ1) is 7.22. The molecule has 0 amide bonds. The molecular formula is C11H10N2O2. The number of carboxylic acids is 1. The predicted octanol–water partition coefficient (Wildman–Crippen LogP) is 1.27. The Morgan fingerprint density at radius 2 is 2.40 bits per heavy atom. The first-order valence-corrected chi connectivity index (χ1v) is 4.70. The molecule has 0 fully saturated rings. The molecule has 0 saturated carbocycles. The topological polar surface area (TPSA) is 64.3 Å². The van der Waals surface area contributed by atoms with E-state index in [-0.39, 0.29) is 5.56 Å². The lowest BCUT2D eigenvalue weighted by Gasteiger charge is -2.14. The van der Waals surface area contributed by atoms with Crippen LogP contribution in [-0.4, -0.2) is 24.2 Å². The highest BCUT2D eigenvalue weighted by atomic mass is 16.4. The lowest BCUT2D eigenvalue weighted by atomic mass is 10.1. The van der Waals surface area contributed by atoms with Crippen LogP contribution in [0.3, 0.4) is 0 Å². The summed E-state index contributed by atoms with van der Waals surface area (Å²) in [6.07, 6.45) is 0.886. The van der Waals surface area contributed by atoms with Crippen molar-refractivity contribution in [2.45, 2.75) is 6.42 Å². The second-order valence-electron chi connectivity index (χ2n) is 3.48. The maximum atomic E-state index is 10.8. The molecule has 0 spiro atoms. The average molecular weight is 202 g/mol. The lowest BCUT2D eigenvalue weighted by Crippen LogP contribution is -2.20. The Labute approximate surface area is 87.4 Å².